The Hall–Kier alpha value is -0.880. The van der Waals surface area contributed by atoms with Gasteiger partial charge < -0.3 is 0 Å². The zero-order chi connectivity index (χ0) is 16.2. The van der Waals surface area contributed by atoms with Crippen molar-refractivity contribution in [2.75, 3.05) is 0 Å². The van der Waals surface area contributed by atoms with Crippen molar-refractivity contribution < 1.29 is 9.59 Å². The van der Waals surface area contributed by atoms with Crippen LogP contribution in [0.4, 0.5) is 0 Å². The minimum atomic E-state index is 0.00181. The lowest BCUT2D eigenvalue weighted by atomic mass is 9.44. The maximum Gasteiger partial charge on any atom is 0.139 e. The average Bonchev–Trinajstić information content (AvgIpc) is 2.84. The van der Waals surface area contributed by atoms with E-state index in [0.29, 0.717) is 23.0 Å². The summed E-state index contributed by atoms with van der Waals surface area (Å²) >= 11 is 0. The number of carbonyl (C=O) groups excluding carboxylic acids is 2. The number of hydrogen-bond donors (Lipinski definition) is 0. The Morgan fingerprint density at radius 2 is 1.87 bits per heavy atom. The lowest BCUT2D eigenvalue weighted by Gasteiger charge is -2.60. The molecule has 23 heavy (non-hydrogen) atoms. The predicted molar refractivity (Wildman–Crippen MR) is 90.5 cm³/mol. The first-order valence-electron chi connectivity index (χ1n) is 9.73. The van der Waals surface area contributed by atoms with Gasteiger partial charge in [0.05, 0.1) is 0 Å². The molecule has 0 aromatic carbocycles. The van der Waals surface area contributed by atoms with Crippen LogP contribution in [0.15, 0.2) is 6.08 Å². The molecule has 4 aliphatic carbocycles. The summed E-state index contributed by atoms with van der Waals surface area (Å²) in [6, 6.07) is 0. The van der Waals surface area contributed by atoms with Crippen molar-refractivity contribution >= 4 is 11.7 Å². The summed E-state index contributed by atoms with van der Waals surface area (Å²) in [6.45, 7) is 4.80. The van der Waals surface area contributed by atoms with Crippen LogP contribution in [-0.4, -0.2) is 11.7 Å². The second-order valence-corrected chi connectivity index (χ2v) is 9.39. The molecule has 0 spiro atoms. The summed E-state index contributed by atoms with van der Waals surface area (Å²) in [5, 5.41) is 0. The van der Waals surface area contributed by atoms with Crippen molar-refractivity contribution in [2.24, 2.45) is 40.4 Å². The van der Waals surface area contributed by atoms with Gasteiger partial charge in [-0.05, 0) is 86.4 Å². The molecule has 0 radical (unpaired) electrons. The van der Waals surface area contributed by atoms with E-state index in [1.807, 2.05) is 5.94 Å². The summed E-state index contributed by atoms with van der Waals surface area (Å²) in [5.41, 5.74) is 0.449. The van der Waals surface area contributed by atoms with E-state index >= 15 is 0 Å². The second kappa shape index (κ2) is 5.31. The van der Waals surface area contributed by atoms with E-state index in [9.17, 15) is 9.59 Å². The minimum absolute atomic E-state index is 0.00181. The number of allylic oxidation sites excluding steroid dienone is 1. The first-order valence-corrected chi connectivity index (χ1v) is 9.73. The molecule has 4 fully saturated rings. The molecule has 0 aliphatic heterocycles. The van der Waals surface area contributed by atoms with Crippen molar-refractivity contribution in [1.82, 2.24) is 0 Å². The number of carbonyl (C=O) groups is 1. The first-order chi connectivity index (χ1) is 11.0. The number of hydrogen-bond acceptors (Lipinski definition) is 2. The van der Waals surface area contributed by atoms with Crippen LogP contribution in [0.2, 0.25) is 0 Å². The molecule has 0 amide bonds. The summed E-state index contributed by atoms with van der Waals surface area (Å²) in [5.74, 6) is 6.05. The third-order valence-corrected chi connectivity index (χ3v) is 8.72. The quantitative estimate of drug-likeness (QED) is 0.663. The summed E-state index contributed by atoms with van der Waals surface area (Å²) < 4.78 is 0. The molecule has 0 aromatic heterocycles. The van der Waals surface area contributed by atoms with Gasteiger partial charge in [-0.25, -0.2) is 4.79 Å². The number of fused-ring (bicyclic) bond motifs is 5. The van der Waals surface area contributed by atoms with Crippen LogP contribution in [0.3, 0.4) is 0 Å². The standard InChI is InChI=1S/C21H30O2/c1-20-10-7-14(9-12-22)13-15(20)3-4-16-17-5-6-19(23)21(17,2)11-8-18(16)20/h9,14-18H,3-8,10-11,13H2,1-2H3/t14?,15?,16-,17-,18+,20-,21-/m0/s1. The molecule has 2 heteroatoms. The number of Topliss-reactive ketones (excluding diaryl/α,β-unsaturated/α-hetero) is 1. The van der Waals surface area contributed by atoms with Gasteiger partial charge in [-0.15, -0.1) is 0 Å². The molecule has 0 aromatic rings. The summed E-state index contributed by atoms with van der Waals surface area (Å²) in [6.07, 6.45) is 12.4. The van der Waals surface area contributed by atoms with Gasteiger partial charge in [-0.1, -0.05) is 13.8 Å². The van der Waals surface area contributed by atoms with Gasteiger partial charge in [0.25, 0.3) is 0 Å². The molecule has 2 nitrogen and oxygen atoms in total. The van der Waals surface area contributed by atoms with Crippen LogP contribution in [0.1, 0.15) is 71.6 Å². The Balaban J connectivity index is 1.59. The summed E-state index contributed by atoms with van der Waals surface area (Å²) in [7, 11) is 0. The molecular weight excluding hydrogens is 284 g/mol. The SMILES string of the molecule is C[C@]12CCC(C=C=O)CC1CC[C@@H]1[C@H]2CC[C@]2(C)C(=O)CC[C@@H]12. The van der Waals surface area contributed by atoms with Crippen LogP contribution in [-0.2, 0) is 9.59 Å². The van der Waals surface area contributed by atoms with Crippen LogP contribution in [0.25, 0.3) is 0 Å². The monoisotopic (exact) mass is 314 g/mol. The molecule has 0 saturated heterocycles. The normalized spacial score (nSPS) is 52.1. The first kappa shape index (κ1) is 15.6. The third kappa shape index (κ3) is 2.14. The fourth-order valence-corrected chi connectivity index (χ4v) is 7.31. The largest absolute Gasteiger partial charge is 0.299 e. The van der Waals surface area contributed by atoms with Gasteiger partial charge in [0, 0.05) is 17.9 Å². The highest BCUT2D eigenvalue weighted by Gasteiger charge is 2.60. The van der Waals surface area contributed by atoms with Crippen molar-refractivity contribution in [1.29, 1.82) is 0 Å². The molecule has 4 aliphatic rings. The summed E-state index contributed by atoms with van der Waals surface area (Å²) in [4.78, 5) is 23.2. The maximum atomic E-state index is 12.4. The van der Waals surface area contributed by atoms with Crippen LogP contribution >= 0.6 is 0 Å². The molecule has 7 atom stereocenters. The van der Waals surface area contributed by atoms with E-state index in [-0.39, 0.29) is 5.41 Å². The van der Waals surface area contributed by atoms with E-state index in [0.717, 1.165) is 43.4 Å². The van der Waals surface area contributed by atoms with E-state index in [4.69, 9.17) is 0 Å². The average molecular weight is 314 g/mol. The molecule has 0 N–H and O–H groups in total. The molecule has 0 heterocycles. The number of rotatable bonds is 1. The molecule has 4 saturated carbocycles. The van der Waals surface area contributed by atoms with Gasteiger partial charge in [0.15, 0.2) is 0 Å². The fraction of sp³-hybridized carbons (Fsp3) is 0.857. The van der Waals surface area contributed by atoms with Gasteiger partial charge >= 0.3 is 0 Å². The highest BCUT2D eigenvalue weighted by atomic mass is 16.1. The Kier molecular flexibility index (Phi) is 3.61. The Labute approximate surface area is 140 Å². The third-order valence-electron chi connectivity index (χ3n) is 8.72. The van der Waals surface area contributed by atoms with Crippen LogP contribution in [0.5, 0.6) is 0 Å². The minimum Gasteiger partial charge on any atom is -0.299 e. The van der Waals surface area contributed by atoms with Gasteiger partial charge in [0.1, 0.15) is 11.7 Å². The molecule has 126 valence electrons. The van der Waals surface area contributed by atoms with Crippen molar-refractivity contribution in [2.45, 2.75) is 71.6 Å². The fourth-order valence-electron chi connectivity index (χ4n) is 7.31. The van der Waals surface area contributed by atoms with Gasteiger partial charge in [-0.2, -0.15) is 0 Å². The lowest BCUT2D eigenvalue weighted by Crippen LogP contribution is -2.53. The van der Waals surface area contributed by atoms with Crippen molar-refractivity contribution in [3.05, 3.63) is 6.08 Å². The Bertz CT molecular complexity index is 560. The molecule has 2 unspecified atom stereocenters. The lowest BCUT2D eigenvalue weighted by molar-refractivity contribution is -0.139. The highest BCUT2D eigenvalue weighted by molar-refractivity contribution is 5.87. The Morgan fingerprint density at radius 3 is 2.65 bits per heavy atom. The van der Waals surface area contributed by atoms with E-state index < -0.39 is 0 Å². The molecule has 0 bridgehead atoms. The van der Waals surface area contributed by atoms with Crippen LogP contribution in [0, 0.1) is 40.4 Å². The molecular formula is C21H30O2. The zero-order valence-electron chi connectivity index (χ0n) is 14.6. The highest BCUT2D eigenvalue weighted by Crippen LogP contribution is 2.65. The topological polar surface area (TPSA) is 34.1 Å². The Morgan fingerprint density at radius 1 is 1.04 bits per heavy atom. The van der Waals surface area contributed by atoms with E-state index in [2.05, 4.69) is 13.8 Å². The predicted octanol–water partition coefficient (Wildman–Crippen LogP) is 4.60. The van der Waals surface area contributed by atoms with Crippen LogP contribution < -0.4 is 0 Å². The number of ketones is 1. The molecule has 4 rings (SSSR count). The van der Waals surface area contributed by atoms with Crippen molar-refractivity contribution in [3.63, 3.8) is 0 Å². The van der Waals surface area contributed by atoms with Gasteiger partial charge in [0.2, 0.25) is 0 Å². The van der Waals surface area contributed by atoms with Gasteiger partial charge in [-0.3, -0.25) is 4.79 Å². The van der Waals surface area contributed by atoms with Crippen molar-refractivity contribution in [3.8, 4) is 0 Å². The smallest absolute Gasteiger partial charge is 0.139 e. The second-order valence-electron chi connectivity index (χ2n) is 9.39. The van der Waals surface area contributed by atoms with E-state index in [1.54, 1.807) is 6.08 Å². The maximum absolute atomic E-state index is 12.4. The van der Waals surface area contributed by atoms with E-state index in [1.165, 1.54) is 32.1 Å². The zero-order valence-corrected chi connectivity index (χ0v) is 14.6.